The first-order chi connectivity index (χ1) is 11.2. The van der Waals surface area contributed by atoms with Crippen molar-refractivity contribution < 1.29 is 9.26 Å². The van der Waals surface area contributed by atoms with E-state index < -0.39 is 0 Å². The Kier molecular flexibility index (Phi) is 4.38. The molecular weight excluding hydrogens is 294 g/mol. The van der Waals surface area contributed by atoms with Crippen molar-refractivity contribution in [2.75, 3.05) is 14.2 Å². The van der Waals surface area contributed by atoms with Gasteiger partial charge in [0.05, 0.1) is 25.5 Å². The van der Waals surface area contributed by atoms with E-state index in [1.807, 2.05) is 44.4 Å². The number of rotatable bonds is 6. The summed E-state index contributed by atoms with van der Waals surface area (Å²) in [5.74, 6) is 2.09. The van der Waals surface area contributed by atoms with Crippen LogP contribution >= 0.6 is 0 Å². The average molecular weight is 313 g/mol. The maximum atomic E-state index is 5.19. The minimum Gasteiger partial charge on any atom is -0.497 e. The van der Waals surface area contributed by atoms with Gasteiger partial charge in [-0.3, -0.25) is 10.00 Å². The van der Waals surface area contributed by atoms with Gasteiger partial charge in [-0.1, -0.05) is 5.16 Å². The highest BCUT2D eigenvalue weighted by Gasteiger charge is 2.12. The van der Waals surface area contributed by atoms with Crippen molar-refractivity contribution in [2.24, 2.45) is 0 Å². The molecule has 0 amide bonds. The van der Waals surface area contributed by atoms with E-state index in [2.05, 4.69) is 25.2 Å². The van der Waals surface area contributed by atoms with Crippen LogP contribution in [0.15, 0.2) is 35.0 Å². The van der Waals surface area contributed by atoms with Gasteiger partial charge in [0.2, 0.25) is 5.89 Å². The van der Waals surface area contributed by atoms with E-state index >= 15 is 0 Å². The zero-order chi connectivity index (χ0) is 16.2. The minimum absolute atomic E-state index is 0.591. The number of H-pyrrole nitrogens is 1. The zero-order valence-electron chi connectivity index (χ0n) is 13.4. The van der Waals surface area contributed by atoms with Gasteiger partial charge in [0.25, 0.3) is 0 Å². The van der Waals surface area contributed by atoms with E-state index in [1.165, 1.54) is 0 Å². The van der Waals surface area contributed by atoms with E-state index in [1.54, 1.807) is 7.11 Å². The summed E-state index contributed by atoms with van der Waals surface area (Å²) in [5.41, 5.74) is 3.18. The lowest BCUT2D eigenvalue weighted by Gasteiger charge is -2.14. The third-order valence-corrected chi connectivity index (χ3v) is 3.51. The zero-order valence-corrected chi connectivity index (χ0v) is 13.4. The molecule has 1 aromatic carbocycles. The summed E-state index contributed by atoms with van der Waals surface area (Å²) in [7, 11) is 3.66. The number of methoxy groups -OCH3 is 1. The summed E-state index contributed by atoms with van der Waals surface area (Å²) in [6, 6.07) is 7.89. The van der Waals surface area contributed by atoms with E-state index in [0.29, 0.717) is 18.3 Å². The van der Waals surface area contributed by atoms with Crippen molar-refractivity contribution >= 4 is 0 Å². The van der Waals surface area contributed by atoms with E-state index in [4.69, 9.17) is 9.26 Å². The maximum Gasteiger partial charge on any atom is 0.240 e. The molecule has 0 aliphatic rings. The molecule has 23 heavy (non-hydrogen) atoms. The lowest BCUT2D eigenvalue weighted by Crippen LogP contribution is -2.17. The van der Waals surface area contributed by atoms with Crippen molar-refractivity contribution in [2.45, 2.75) is 20.0 Å². The fourth-order valence-corrected chi connectivity index (χ4v) is 2.42. The van der Waals surface area contributed by atoms with Crippen LogP contribution < -0.4 is 4.74 Å². The van der Waals surface area contributed by atoms with Gasteiger partial charge in [0.1, 0.15) is 5.75 Å². The molecule has 0 saturated heterocycles. The summed E-state index contributed by atoms with van der Waals surface area (Å²) in [4.78, 5) is 6.32. The molecule has 0 aliphatic carbocycles. The molecule has 7 heteroatoms. The van der Waals surface area contributed by atoms with Gasteiger partial charge in [0.15, 0.2) is 5.82 Å². The number of nitrogens with one attached hydrogen (secondary N) is 1. The molecule has 7 nitrogen and oxygen atoms in total. The predicted octanol–water partition coefficient (Wildman–Crippen LogP) is 2.41. The molecule has 0 bridgehead atoms. The molecule has 120 valence electrons. The number of nitrogens with zero attached hydrogens (tertiary/aromatic N) is 4. The van der Waals surface area contributed by atoms with Crippen molar-refractivity contribution in [3.8, 4) is 17.0 Å². The Morgan fingerprint density at radius 2 is 2.00 bits per heavy atom. The SMILES string of the molecule is COc1ccc(-c2[nH]ncc2CN(C)Cc2nc(C)no2)cc1. The predicted molar refractivity (Wildman–Crippen MR) is 84.8 cm³/mol. The molecule has 0 atom stereocenters. The number of aromatic nitrogens is 4. The Morgan fingerprint density at radius 1 is 1.22 bits per heavy atom. The Bertz CT molecular complexity index is 763. The highest BCUT2D eigenvalue weighted by atomic mass is 16.5. The van der Waals surface area contributed by atoms with Gasteiger partial charge in [0, 0.05) is 17.7 Å². The van der Waals surface area contributed by atoms with Crippen LogP contribution in [0.2, 0.25) is 0 Å². The Morgan fingerprint density at radius 3 is 2.65 bits per heavy atom. The van der Waals surface area contributed by atoms with Crippen molar-refractivity contribution in [3.63, 3.8) is 0 Å². The normalized spacial score (nSPS) is 11.1. The number of benzene rings is 1. The van der Waals surface area contributed by atoms with Crippen molar-refractivity contribution in [1.82, 2.24) is 25.2 Å². The Balaban J connectivity index is 1.72. The molecule has 0 radical (unpaired) electrons. The van der Waals surface area contributed by atoms with Crippen molar-refractivity contribution in [1.29, 1.82) is 0 Å². The number of hydrogen-bond acceptors (Lipinski definition) is 6. The molecule has 0 saturated carbocycles. The number of hydrogen-bond donors (Lipinski definition) is 1. The van der Waals surface area contributed by atoms with Gasteiger partial charge in [-0.15, -0.1) is 0 Å². The molecule has 3 rings (SSSR count). The fraction of sp³-hybridized carbons (Fsp3) is 0.312. The first kappa shape index (κ1) is 15.2. The molecule has 0 spiro atoms. The fourth-order valence-electron chi connectivity index (χ4n) is 2.42. The van der Waals surface area contributed by atoms with E-state index in [9.17, 15) is 0 Å². The molecule has 1 N–H and O–H groups in total. The van der Waals surface area contributed by atoms with Crippen LogP contribution in [0.1, 0.15) is 17.3 Å². The average Bonchev–Trinajstić information content (AvgIpc) is 3.16. The second kappa shape index (κ2) is 6.62. The molecule has 0 fully saturated rings. The smallest absolute Gasteiger partial charge is 0.240 e. The summed E-state index contributed by atoms with van der Waals surface area (Å²) < 4.78 is 10.3. The van der Waals surface area contributed by atoms with Crippen LogP contribution in [0.25, 0.3) is 11.3 Å². The quantitative estimate of drug-likeness (QED) is 0.753. The van der Waals surface area contributed by atoms with Gasteiger partial charge in [-0.25, -0.2) is 0 Å². The maximum absolute atomic E-state index is 5.19. The largest absolute Gasteiger partial charge is 0.497 e. The summed E-state index contributed by atoms with van der Waals surface area (Å²) >= 11 is 0. The molecule has 2 heterocycles. The van der Waals surface area contributed by atoms with Crippen LogP contribution in [0.3, 0.4) is 0 Å². The molecule has 0 aliphatic heterocycles. The minimum atomic E-state index is 0.591. The van der Waals surface area contributed by atoms with Crippen LogP contribution in [0.4, 0.5) is 0 Å². The van der Waals surface area contributed by atoms with Crippen LogP contribution in [-0.2, 0) is 13.1 Å². The van der Waals surface area contributed by atoms with Gasteiger partial charge < -0.3 is 9.26 Å². The van der Waals surface area contributed by atoms with Crippen LogP contribution in [0, 0.1) is 6.92 Å². The van der Waals surface area contributed by atoms with E-state index in [-0.39, 0.29) is 0 Å². The molecule has 3 aromatic rings. The van der Waals surface area contributed by atoms with Crippen LogP contribution in [-0.4, -0.2) is 39.4 Å². The molecule has 0 unspecified atom stereocenters. The second-order valence-electron chi connectivity index (χ2n) is 5.41. The highest BCUT2D eigenvalue weighted by molar-refractivity contribution is 5.63. The molecular formula is C16H19N5O2. The molecule has 2 aromatic heterocycles. The van der Waals surface area contributed by atoms with Crippen LogP contribution in [0.5, 0.6) is 5.75 Å². The standard InChI is InChI=1S/C16H19N5O2/c1-11-18-15(23-20-11)10-21(2)9-13-8-17-19-16(13)12-4-6-14(22-3)7-5-12/h4-8H,9-10H2,1-3H3,(H,17,19). The first-order valence-corrected chi connectivity index (χ1v) is 7.30. The topological polar surface area (TPSA) is 80.1 Å². The number of aryl methyl sites for hydroxylation is 1. The summed E-state index contributed by atoms with van der Waals surface area (Å²) in [6.45, 7) is 3.12. The van der Waals surface area contributed by atoms with E-state index in [0.717, 1.165) is 29.1 Å². The second-order valence-corrected chi connectivity index (χ2v) is 5.41. The monoisotopic (exact) mass is 313 g/mol. The third-order valence-electron chi connectivity index (χ3n) is 3.51. The van der Waals surface area contributed by atoms with Gasteiger partial charge in [-0.05, 0) is 38.2 Å². The number of aromatic amines is 1. The summed E-state index contributed by atoms with van der Waals surface area (Å²) in [6.07, 6.45) is 1.84. The number of ether oxygens (including phenoxy) is 1. The first-order valence-electron chi connectivity index (χ1n) is 7.30. The van der Waals surface area contributed by atoms with Gasteiger partial charge >= 0.3 is 0 Å². The lowest BCUT2D eigenvalue weighted by molar-refractivity contribution is 0.260. The van der Waals surface area contributed by atoms with Crippen molar-refractivity contribution in [3.05, 3.63) is 47.7 Å². The highest BCUT2D eigenvalue weighted by Crippen LogP contribution is 2.24. The Hall–Kier alpha value is -2.67. The lowest BCUT2D eigenvalue weighted by atomic mass is 10.1. The summed E-state index contributed by atoms with van der Waals surface area (Å²) in [5, 5.41) is 11.0. The van der Waals surface area contributed by atoms with Gasteiger partial charge in [-0.2, -0.15) is 10.1 Å². The third kappa shape index (κ3) is 3.57. The Labute approximate surface area is 134 Å².